The van der Waals surface area contributed by atoms with Gasteiger partial charge in [-0.2, -0.15) is 0 Å². The van der Waals surface area contributed by atoms with Gasteiger partial charge in [0.1, 0.15) is 11.6 Å². The first kappa shape index (κ1) is 16.7. The summed E-state index contributed by atoms with van der Waals surface area (Å²) in [5.74, 6) is 1.54. The minimum Gasteiger partial charge on any atom is -0.494 e. The number of aromatic nitrogens is 1. The maximum atomic E-state index is 12.5. The van der Waals surface area contributed by atoms with Gasteiger partial charge in [-0.15, -0.1) is 0 Å². The number of nitrogens with zero attached hydrogens (tertiary/aromatic N) is 2. The van der Waals surface area contributed by atoms with E-state index in [-0.39, 0.29) is 10.9 Å². The van der Waals surface area contributed by atoms with Crippen LogP contribution in [-0.2, 0) is 10.0 Å². The number of sulfonamides is 1. The zero-order chi connectivity index (χ0) is 17.0. The van der Waals surface area contributed by atoms with Crippen LogP contribution in [-0.4, -0.2) is 39.1 Å². The number of nitrogens with one attached hydrogen (secondary N) is 1. The summed E-state index contributed by atoms with van der Waals surface area (Å²) in [4.78, 5) is 6.65. The van der Waals surface area contributed by atoms with E-state index >= 15 is 0 Å². The fourth-order valence-corrected chi connectivity index (χ4v) is 4.04. The molecule has 3 rings (SSSR count). The third kappa shape index (κ3) is 3.85. The maximum Gasteiger partial charge on any atom is 0.240 e. The van der Waals surface area contributed by atoms with Crippen LogP contribution < -0.4 is 14.4 Å². The molecule has 6 nitrogen and oxygen atoms in total. The van der Waals surface area contributed by atoms with Crippen LogP contribution in [0.4, 0.5) is 5.82 Å². The number of anilines is 1. The monoisotopic (exact) mass is 347 g/mol. The number of rotatable bonds is 6. The van der Waals surface area contributed by atoms with E-state index in [0.29, 0.717) is 18.9 Å². The standard InChI is InChI=1S/C17H21N3O3S/c1-2-23-15-6-8-16(9-7-15)24(21,22)19-14-10-12-20(13-14)17-5-3-4-11-18-17/h3-9,11,14,19H,2,10,12-13H2,1H3/t14-/m0/s1. The van der Waals surface area contributed by atoms with Crippen molar-refractivity contribution in [1.29, 1.82) is 0 Å². The molecule has 1 aromatic heterocycles. The van der Waals surface area contributed by atoms with Crippen molar-refractivity contribution in [3.05, 3.63) is 48.7 Å². The van der Waals surface area contributed by atoms with Gasteiger partial charge in [-0.05, 0) is 49.7 Å². The van der Waals surface area contributed by atoms with Crippen LogP contribution >= 0.6 is 0 Å². The molecule has 0 aliphatic carbocycles. The minimum atomic E-state index is -3.53. The molecule has 1 atom stereocenters. The Morgan fingerprint density at radius 1 is 1.25 bits per heavy atom. The highest BCUT2D eigenvalue weighted by atomic mass is 32.2. The second-order valence-corrected chi connectivity index (χ2v) is 7.36. The topological polar surface area (TPSA) is 71.5 Å². The predicted octanol–water partition coefficient (Wildman–Crippen LogP) is 2.04. The van der Waals surface area contributed by atoms with Crippen LogP contribution in [0, 0.1) is 0 Å². The number of hydrogen-bond donors (Lipinski definition) is 1. The molecule has 0 amide bonds. The van der Waals surface area contributed by atoms with Crippen molar-refractivity contribution in [3.8, 4) is 5.75 Å². The van der Waals surface area contributed by atoms with Crippen LogP contribution in [0.3, 0.4) is 0 Å². The van der Waals surface area contributed by atoms with Gasteiger partial charge in [0.05, 0.1) is 11.5 Å². The Bertz CT molecular complexity index is 763. The summed E-state index contributed by atoms with van der Waals surface area (Å²) in [5, 5.41) is 0. The zero-order valence-corrected chi connectivity index (χ0v) is 14.4. The molecule has 0 bridgehead atoms. The van der Waals surface area contributed by atoms with Crippen LogP contribution in [0.25, 0.3) is 0 Å². The van der Waals surface area contributed by atoms with Gasteiger partial charge in [-0.25, -0.2) is 18.1 Å². The largest absolute Gasteiger partial charge is 0.494 e. The average molecular weight is 347 g/mol. The van der Waals surface area contributed by atoms with Crippen molar-refractivity contribution in [2.75, 3.05) is 24.6 Å². The highest BCUT2D eigenvalue weighted by Gasteiger charge is 2.27. The second kappa shape index (κ2) is 7.19. The van der Waals surface area contributed by atoms with Crippen molar-refractivity contribution in [3.63, 3.8) is 0 Å². The van der Waals surface area contributed by atoms with E-state index in [1.807, 2.05) is 25.1 Å². The molecule has 0 saturated carbocycles. The van der Waals surface area contributed by atoms with Gasteiger partial charge in [-0.3, -0.25) is 0 Å². The molecular formula is C17H21N3O3S. The molecule has 1 aliphatic heterocycles. The van der Waals surface area contributed by atoms with Gasteiger partial charge in [0.2, 0.25) is 10.0 Å². The Kier molecular flexibility index (Phi) is 5.01. The summed E-state index contributed by atoms with van der Waals surface area (Å²) >= 11 is 0. The number of pyridine rings is 1. The predicted molar refractivity (Wildman–Crippen MR) is 92.8 cm³/mol. The highest BCUT2D eigenvalue weighted by Crippen LogP contribution is 2.20. The Morgan fingerprint density at radius 3 is 2.71 bits per heavy atom. The third-order valence-corrected chi connectivity index (χ3v) is 5.46. The van der Waals surface area contributed by atoms with Crippen molar-refractivity contribution in [2.45, 2.75) is 24.3 Å². The van der Waals surface area contributed by atoms with E-state index in [1.165, 1.54) is 0 Å². The average Bonchev–Trinajstić information content (AvgIpc) is 3.04. The number of benzene rings is 1. The summed E-state index contributed by atoms with van der Waals surface area (Å²) in [5.41, 5.74) is 0. The van der Waals surface area contributed by atoms with Crippen LogP contribution in [0.2, 0.25) is 0 Å². The van der Waals surface area contributed by atoms with E-state index in [1.54, 1.807) is 30.5 Å². The van der Waals surface area contributed by atoms with Gasteiger partial charge in [0, 0.05) is 25.3 Å². The summed E-state index contributed by atoms with van der Waals surface area (Å²) in [7, 11) is -3.53. The summed E-state index contributed by atoms with van der Waals surface area (Å²) < 4.78 is 33.2. The lowest BCUT2D eigenvalue weighted by atomic mass is 10.3. The molecule has 1 fully saturated rings. The van der Waals surface area contributed by atoms with Gasteiger partial charge < -0.3 is 9.64 Å². The van der Waals surface area contributed by atoms with Gasteiger partial charge in [-0.1, -0.05) is 6.07 Å². The fourth-order valence-electron chi connectivity index (χ4n) is 2.77. The number of ether oxygens (including phenoxy) is 1. The molecule has 0 unspecified atom stereocenters. The van der Waals surface area contributed by atoms with E-state index in [2.05, 4.69) is 14.6 Å². The molecule has 1 saturated heterocycles. The summed E-state index contributed by atoms with van der Waals surface area (Å²) in [6, 6.07) is 12.1. The molecule has 7 heteroatoms. The SMILES string of the molecule is CCOc1ccc(S(=O)(=O)N[C@H]2CCN(c3ccccn3)C2)cc1. The van der Waals surface area contributed by atoms with Crippen molar-refractivity contribution in [1.82, 2.24) is 9.71 Å². The first-order chi connectivity index (χ1) is 11.6. The molecule has 2 aromatic rings. The van der Waals surface area contributed by atoms with E-state index in [9.17, 15) is 8.42 Å². The smallest absolute Gasteiger partial charge is 0.240 e. The summed E-state index contributed by atoms with van der Waals surface area (Å²) in [6.07, 6.45) is 2.50. The maximum absolute atomic E-state index is 12.5. The normalized spacial score (nSPS) is 17.9. The second-order valence-electron chi connectivity index (χ2n) is 5.65. The number of hydrogen-bond acceptors (Lipinski definition) is 5. The van der Waals surface area contributed by atoms with Crippen molar-refractivity contribution < 1.29 is 13.2 Å². The molecule has 1 aliphatic rings. The lowest BCUT2D eigenvalue weighted by molar-refractivity contribution is 0.340. The highest BCUT2D eigenvalue weighted by molar-refractivity contribution is 7.89. The molecule has 2 heterocycles. The third-order valence-electron chi connectivity index (χ3n) is 3.93. The van der Waals surface area contributed by atoms with E-state index < -0.39 is 10.0 Å². The van der Waals surface area contributed by atoms with E-state index in [0.717, 1.165) is 18.8 Å². The first-order valence-corrected chi connectivity index (χ1v) is 9.48. The molecular weight excluding hydrogens is 326 g/mol. The molecule has 0 spiro atoms. The van der Waals surface area contributed by atoms with Crippen LogP contribution in [0.5, 0.6) is 5.75 Å². The van der Waals surface area contributed by atoms with Gasteiger partial charge in [0.15, 0.2) is 0 Å². The Morgan fingerprint density at radius 2 is 2.04 bits per heavy atom. The molecule has 24 heavy (non-hydrogen) atoms. The quantitative estimate of drug-likeness (QED) is 0.866. The molecule has 1 N–H and O–H groups in total. The van der Waals surface area contributed by atoms with Gasteiger partial charge in [0.25, 0.3) is 0 Å². The Hall–Kier alpha value is -2.12. The lowest BCUT2D eigenvalue weighted by Crippen LogP contribution is -2.37. The van der Waals surface area contributed by atoms with Crippen molar-refractivity contribution in [2.24, 2.45) is 0 Å². The van der Waals surface area contributed by atoms with Gasteiger partial charge >= 0.3 is 0 Å². The minimum absolute atomic E-state index is 0.122. The molecule has 0 radical (unpaired) electrons. The first-order valence-electron chi connectivity index (χ1n) is 7.99. The Labute approximate surface area is 142 Å². The molecule has 128 valence electrons. The fraction of sp³-hybridized carbons (Fsp3) is 0.353. The Balaban J connectivity index is 1.65. The van der Waals surface area contributed by atoms with Crippen LogP contribution in [0.15, 0.2) is 53.6 Å². The zero-order valence-electron chi connectivity index (χ0n) is 13.6. The van der Waals surface area contributed by atoms with E-state index in [4.69, 9.17) is 4.74 Å². The lowest BCUT2D eigenvalue weighted by Gasteiger charge is -2.17. The van der Waals surface area contributed by atoms with Crippen molar-refractivity contribution >= 4 is 15.8 Å². The summed E-state index contributed by atoms with van der Waals surface area (Å²) in [6.45, 7) is 3.84. The van der Waals surface area contributed by atoms with Crippen LogP contribution in [0.1, 0.15) is 13.3 Å². The molecule has 1 aromatic carbocycles.